The molecule has 2 aromatic heterocycles. The third kappa shape index (κ3) is 4.68. The van der Waals surface area contributed by atoms with E-state index in [1.54, 1.807) is 18.2 Å². The van der Waals surface area contributed by atoms with Gasteiger partial charge in [0.1, 0.15) is 11.9 Å². The van der Waals surface area contributed by atoms with Crippen molar-refractivity contribution in [1.29, 1.82) is 0 Å². The molecule has 6 nitrogen and oxygen atoms in total. The molecule has 2 amide bonds. The van der Waals surface area contributed by atoms with Crippen molar-refractivity contribution < 1.29 is 14.0 Å². The van der Waals surface area contributed by atoms with Crippen molar-refractivity contribution >= 4 is 39.7 Å². The van der Waals surface area contributed by atoms with Crippen molar-refractivity contribution in [2.75, 3.05) is 31.1 Å². The third-order valence-corrected chi connectivity index (χ3v) is 7.10. The van der Waals surface area contributed by atoms with Crippen molar-refractivity contribution in [2.24, 2.45) is 0 Å². The summed E-state index contributed by atoms with van der Waals surface area (Å²) in [4.78, 5) is 34.2. The average Bonchev–Trinajstić information content (AvgIpc) is 3.55. The average molecular weight is 477 g/mol. The van der Waals surface area contributed by atoms with Crippen LogP contribution in [0.3, 0.4) is 0 Å². The van der Waals surface area contributed by atoms with Crippen molar-refractivity contribution in [3.8, 4) is 0 Å². The lowest BCUT2D eigenvalue weighted by Gasteiger charge is -2.37. The maximum atomic E-state index is 13.6. The number of hydrogen-bond acceptors (Lipinski definition) is 4. The Morgan fingerprint density at radius 2 is 1.76 bits per heavy atom. The normalized spacial score (nSPS) is 14.9. The highest BCUT2D eigenvalue weighted by Crippen LogP contribution is 2.21. The highest BCUT2D eigenvalue weighted by atomic mass is 32.1. The fourth-order valence-electron chi connectivity index (χ4n) is 4.41. The van der Waals surface area contributed by atoms with Crippen LogP contribution in [-0.4, -0.2) is 53.9 Å². The second kappa shape index (κ2) is 9.69. The predicted octanol–water partition coefficient (Wildman–Crippen LogP) is 4.06. The van der Waals surface area contributed by atoms with Crippen molar-refractivity contribution in [3.63, 3.8) is 0 Å². The number of benzene rings is 2. The van der Waals surface area contributed by atoms with Gasteiger partial charge in [-0.2, -0.15) is 0 Å². The van der Waals surface area contributed by atoms with Crippen LogP contribution >= 0.6 is 11.3 Å². The molecule has 2 aromatic carbocycles. The number of H-pyrrole nitrogens is 1. The van der Waals surface area contributed by atoms with Gasteiger partial charge in [0.05, 0.1) is 4.88 Å². The Balaban J connectivity index is 1.32. The molecule has 1 aliphatic heterocycles. The molecule has 0 spiro atoms. The first-order chi connectivity index (χ1) is 16.6. The summed E-state index contributed by atoms with van der Waals surface area (Å²) in [5, 5.41) is 5.87. The Labute approximate surface area is 201 Å². The van der Waals surface area contributed by atoms with Gasteiger partial charge < -0.3 is 20.1 Å². The number of thiophene rings is 1. The van der Waals surface area contributed by atoms with Gasteiger partial charge in [-0.25, -0.2) is 4.39 Å². The number of aromatic nitrogens is 1. The number of piperazine rings is 1. The number of fused-ring (bicyclic) bond motifs is 1. The summed E-state index contributed by atoms with van der Waals surface area (Å²) in [6.07, 6.45) is 2.31. The molecule has 8 heteroatoms. The molecular formula is C26H25FN4O2S. The molecule has 2 N–H and O–H groups in total. The van der Waals surface area contributed by atoms with Crippen LogP contribution in [0.2, 0.25) is 0 Å². The van der Waals surface area contributed by atoms with E-state index in [9.17, 15) is 14.0 Å². The zero-order valence-corrected chi connectivity index (χ0v) is 19.4. The zero-order chi connectivity index (χ0) is 23.5. The first kappa shape index (κ1) is 22.2. The highest BCUT2D eigenvalue weighted by Gasteiger charge is 2.30. The van der Waals surface area contributed by atoms with E-state index >= 15 is 0 Å². The fourth-order valence-corrected chi connectivity index (χ4v) is 5.04. The minimum Gasteiger partial charge on any atom is -0.368 e. The van der Waals surface area contributed by atoms with E-state index in [1.165, 1.54) is 23.5 Å². The van der Waals surface area contributed by atoms with Gasteiger partial charge in [-0.1, -0.05) is 24.3 Å². The standard InChI is InChI=1S/C26H25FN4O2S/c27-19-7-9-20(10-8-19)30-11-13-31(14-12-30)26(33)23(29-25(32)24-6-3-15-34-24)16-18-17-28-22-5-2-1-4-21(18)22/h1-10,15,17,23,28H,11-14,16H2,(H,29,32)/t23-/m0/s1. The summed E-state index contributed by atoms with van der Waals surface area (Å²) in [7, 11) is 0. The van der Waals surface area contributed by atoms with Gasteiger partial charge in [-0.05, 0) is 47.3 Å². The molecule has 5 rings (SSSR count). The van der Waals surface area contributed by atoms with Crippen LogP contribution < -0.4 is 10.2 Å². The van der Waals surface area contributed by atoms with Crippen molar-refractivity contribution in [3.05, 3.63) is 88.5 Å². The predicted molar refractivity (Wildman–Crippen MR) is 133 cm³/mol. The summed E-state index contributed by atoms with van der Waals surface area (Å²) in [5.41, 5.74) is 2.93. The molecule has 1 fully saturated rings. The number of rotatable bonds is 6. The van der Waals surface area contributed by atoms with Crippen LogP contribution in [0, 0.1) is 5.82 Å². The van der Waals surface area contributed by atoms with Gasteiger partial charge in [0.2, 0.25) is 5.91 Å². The topological polar surface area (TPSA) is 68.4 Å². The Morgan fingerprint density at radius 3 is 2.50 bits per heavy atom. The molecule has 3 heterocycles. The molecule has 0 bridgehead atoms. The van der Waals surface area contributed by atoms with Crippen LogP contribution in [-0.2, 0) is 11.2 Å². The number of carbonyl (C=O) groups is 2. The molecule has 1 aliphatic rings. The van der Waals surface area contributed by atoms with Crippen LogP contribution in [0.25, 0.3) is 10.9 Å². The quantitative estimate of drug-likeness (QED) is 0.441. The van der Waals surface area contributed by atoms with Crippen LogP contribution in [0.15, 0.2) is 72.2 Å². The van der Waals surface area contributed by atoms with Crippen molar-refractivity contribution in [2.45, 2.75) is 12.5 Å². The molecule has 4 aromatic rings. The maximum Gasteiger partial charge on any atom is 0.262 e. The van der Waals surface area contributed by atoms with E-state index in [-0.39, 0.29) is 17.6 Å². The first-order valence-electron chi connectivity index (χ1n) is 11.3. The monoisotopic (exact) mass is 476 g/mol. The number of anilines is 1. The van der Waals surface area contributed by atoms with Gasteiger partial charge >= 0.3 is 0 Å². The van der Waals surface area contributed by atoms with Crippen LogP contribution in [0.4, 0.5) is 10.1 Å². The lowest BCUT2D eigenvalue weighted by atomic mass is 10.0. The number of hydrogen-bond donors (Lipinski definition) is 2. The lowest BCUT2D eigenvalue weighted by molar-refractivity contribution is -0.133. The second-order valence-corrected chi connectivity index (χ2v) is 9.30. The van der Waals surface area contributed by atoms with Gasteiger partial charge in [-0.3, -0.25) is 9.59 Å². The van der Waals surface area contributed by atoms with E-state index in [2.05, 4.69) is 15.2 Å². The lowest BCUT2D eigenvalue weighted by Crippen LogP contribution is -2.55. The molecule has 0 unspecified atom stereocenters. The number of aromatic amines is 1. The summed E-state index contributed by atoms with van der Waals surface area (Å²) in [6, 6.07) is 17.3. The van der Waals surface area contributed by atoms with E-state index in [1.807, 2.05) is 46.8 Å². The highest BCUT2D eigenvalue weighted by molar-refractivity contribution is 7.12. The Kier molecular flexibility index (Phi) is 6.31. The second-order valence-electron chi connectivity index (χ2n) is 8.36. The Bertz CT molecular complexity index is 1280. The maximum absolute atomic E-state index is 13.6. The zero-order valence-electron chi connectivity index (χ0n) is 18.5. The SMILES string of the molecule is O=C(N[C@@H](Cc1c[nH]c2ccccc12)C(=O)N1CCN(c2ccc(F)cc2)CC1)c1cccs1. The van der Waals surface area contributed by atoms with Gasteiger partial charge in [0.15, 0.2) is 0 Å². The van der Waals surface area contributed by atoms with Crippen LogP contribution in [0.5, 0.6) is 0 Å². The summed E-state index contributed by atoms with van der Waals surface area (Å²) < 4.78 is 13.3. The molecule has 1 saturated heterocycles. The van der Waals surface area contributed by atoms with Crippen molar-refractivity contribution in [1.82, 2.24) is 15.2 Å². The van der Waals surface area contributed by atoms with E-state index in [0.717, 1.165) is 22.2 Å². The largest absolute Gasteiger partial charge is 0.368 e. The molecule has 0 saturated carbocycles. The number of nitrogens with one attached hydrogen (secondary N) is 2. The van der Waals surface area contributed by atoms with Crippen LogP contribution in [0.1, 0.15) is 15.2 Å². The number of amides is 2. The van der Waals surface area contributed by atoms with E-state index in [0.29, 0.717) is 37.5 Å². The molecular weight excluding hydrogens is 451 g/mol. The van der Waals surface area contributed by atoms with Gasteiger partial charge in [0.25, 0.3) is 5.91 Å². The van der Waals surface area contributed by atoms with Gasteiger partial charge in [-0.15, -0.1) is 11.3 Å². The number of para-hydroxylation sites is 1. The fraction of sp³-hybridized carbons (Fsp3) is 0.231. The third-order valence-electron chi connectivity index (χ3n) is 6.23. The number of nitrogens with zero attached hydrogens (tertiary/aromatic N) is 2. The molecule has 0 aliphatic carbocycles. The van der Waals surface area contributed by atoms with Gasteiger partial charge in [0, 0.05) is 55.4 Å². The summed E-state index contributed by atoms with van der Waals surface area (Å²) in [5.74, 6) is -0.591. The minimum absolute atomic E-state index is 0.0889. The molecule has 1 atom stereocenters. The number of halogens is 1. The minimum atomic E-state index is -0.675. The molecule has 0 radical (unpaired) electrons. The number of carbonyl (C=O) groups excluding carboxylic acids is 2. The Morgan fingerprint density at radius 1 is 1.00 bits per heavy atom. The Hall–Kier alpha value is -3.65. The summed E-state index contributed by atoms with van der Waals surface area (Å²) in [6.45, 7) is 2.37. The van der Waals surface area contributed by atoms with E-state index in [4.69, 9.17) is 0 Å². The molecule has 34 heavy (non-hydrogen) atoms. The first-order valence-corrected chi connectivity index (χ1v) is 12.1. The smallest absolute Gasteiger partial charge is 0.262 e. The summed E-state index contributed by atoms with van der Waals surface area (Å²) >= 11 is 1.35. The molecule has 174 valence electrons. The van der Waals surface area contributed by atoms with E-state index < -0.39 is 6.04 Å².